The molecule has 0 fully saturated rings. The first kappa shape index (κ1) is 15.4. The summed E-state index contributed by atoms with van der Waals surface area (Å²) in [5, 5.41) is 27.3. The summed E-state index contributed by atoms with van der Waals surface area (Å²) in [6, 6.07) is 8.74. The minimum absolute atomic E-state index is 0.0545. The maximum atomic E-state index is 10.3. The fourth-order valence-electron chi connectivity index (χ4n) is 2.92. The van der Waals surface area contributed by atoms with Crippen LogP contribution in [0.1, 0.15) is 12.5 Å². The van der Waals surface area contributed by atoms with Crippen molar-refractivity contribution in [1.82, 2.24) is 24.7 Å². The third-order valence-electron chi connectivity index (χ3n) is 4.16. The summed E-state index contributed by atoms with van der Waals surface area (Å²) >= 11 is 5.40. The fraction of sp³-hybridized carbons (Fsp3) is 0.118. The lowest BCUT2D eigenvalue weighted by atomic mass is 10.1. The predicted molar refractivity (Wildman–Crippen MR) is 96.5 cm³/mol. The van der Waals surface area contributed by atoms with Crippen molar-refractivity contribution >= 4 is 23.3 Å². The lowest BCUT2D eigenvalue weighted by Gasteiger charge is -2.11. The van der Waals surface area contributed by atoms with E-state index < -0.39 is 0 Å². The summed E-state index contributed by atoms with van der Waals surface area (Å²) in [6.45, 7) is 1.93. The van der Waals surface area contributed by atoms with Gasteiger partial charge in [-0.1, -0.05) is 13.0 Å². The van der Waals surface area contributed by atoms with Crippen LogP contribution in [-0.2, 0) is 6.42 Å². The maximum Gasteiger partial charge on any atom is 0.200 e. The standard InChI is InChI=1S/C17H15N5O2S/c1-2-9-6-10(14(24)7-13(9)23)16-20-21-17(25)22(16)12-5-3-4-11-15(12)19-8-18-11/h3-8,23-24H,2H2,1H3,(H,18,19)(H,21,25). The largest absolute Gasteiger partial charge is 0.508 e. The van der Waals surface area contributed by atoms with Gasteiger partial charge in [-0.3, -0.25) is 9.67 Å². The minimum Gasteiger partial charge on any atom is -0.508 e. The van der Waals surface area contributed by atoms with E-state index >= 15 is 0 Å². The molecule has 0 radical (unpaired) electrons. The Morgan fingerprint density at radius 2 is 2.04 bits per heavy atom. The van der Waals surface area contributed by atoms with Crippen LogP contribution in [0.4, 0.5) is 0 Å². The number of nitrogens with one attached hydrogen (secondary N) is 2. The van der Waals surface area contributed by atoms with E-state index in [2.05, 4.69) is 20.2 Å². The van der Waals surface area contributed by atoms with Gasteiger partial charge in [-0.25, -0.2) is 4.98 Å². The number of benzene rings is 2. The molecule has 2 aromatic heterocycles. The Bertz CT molecular complexity index is 1140. The Labute approximate surface area is 147 Å². The van der Waals surface area contributed by atoms with Gasteiger partial charge in [0, 0.05) is 6.07 Å². The number of hydrogen-bond donors (Lipinski definition) is 4. The zero-order chi connectivity index (χ0) is 17.6. The SMILES string of the molecule is CCc1cc(-c2n[nH]c(=S)n2-c2cccc3[nH]cnc23)c(O)cc1O. The summed E-state index contributed by atoms with van der Waals surface area (Å²) in [5.41, 5.74) is 3.56. The number of nitrogens with zero attached hydrogens (tertiary/aromatic N) is 3. The van der Waals surface area contributed by atoms with E-state index in [1.165, 1.54) is 6.07 Å². The molecule has 4 N–H and O–H groups in total. The lowest BCUT2D eigenvalue weighted by Crippen LogP contribution is -2.00. The van der Waals surface area contributed by atoms with Crippen molar-refractivity contribution in [3.8, 4) is 28.6 Å². The molecule has 7 nitrogen and oxygen atoms in total. The number of H-pyrrole nitrogens is 2. The van der Waals surface area contributed by atoms with E-state index in [4.69, 9.17) is 12.2 Å². The molecule has 4 rings (SSSR count). The maximum absolute atomic E-state index is 10.3. The Hall–Kier alpha value is -3.13. The summed E-state index contributed by atoms with van der Waals surface area (Å²) in [5.74, 6) is 0.436. The molecular weight excluding hydrogens is 338 g/mol. The average Bonchev–Trinajstić information content (AvgIpc) is 3.21. The number of para-hydroxylation sites is 1. The summed E-state index contributed by atoms with van der Waals surface area (Å²) in [7, 11) is 0. The van der Waals surface area contributed by atoms with Crippen molar-refractivity contribution in [2.45, 2.75) is 13.3 Å². The highest BCUT2D eigenvalue weighted by molar-refractivity contribution is 7.71. The average molecular weight is 353 g/mol. The summed E-state index contributed by atoms with van der Waals surface area (Å²) in [6.07, 6.45) is 2.24. The normalized spacial score (nSPS) is 11.2. The Kier molecular flexibility index (Phi) is 3.54. The highest BCUT2D eigenvalue weighted by Crippen LogP contribution is 2.35. The Morgan fingerprint density at radius 1 is 1.20 bits per heavy atom. The predicted octanol–water partition coefficient (Wildman–Crippen LogP) is 3.45. The molecule has 126 valence electrons. The van der Waals surface area contributed by atoms with Crippen molar-refractivity contribution in [2.75, 3.05) is 0 Å². The molecule has 8 heteroatoms. The molecule has 2 heterocycles. The van der Waals surface area contributed by atoms with Crippen LogP contribution < -0.4 is 0 Å². The number of hydrogen-bond acceptors (Lipinski definition) is 5. The van der Waals surface area contributed by atoms with Crippen molar-refractivity contribution in [1.29, 1.82) is 0 Å². The topological polar surface area (TPSA) is 103 Å². The number of phenols is 2. The third kappa shape index (κ3) is 2.38. The van der Waals surface area contributed by atoms with Crippen LogP contribution in [0.5, 0.6) is 11.5 Å². The molecule has 0 aliphatic carbocycles. The van der Waals surface area contributed by atoms with E-state index in [1.807, 2.05) is 25.1 Å². The van der Waals surface area contributed by atoms with Crippen LogP contribution in [0.15, 0.2) is 36.7 Å². The number of aromatic amines is 2. The minimum atomic E-state index is -0.0702. The van der Waals surface area contributed by atoms with Crippen LogP contribution in [0.2, 0.25) is 0 Å². The van der Waals surface area contributed by atoms with E-state index in [0.29, 0.717) is 28.1 Å². The van der Waals surface area contributed by atoms with E-state index in [9.17, 15) is 10.2 Å². The molecule has 25 heavy (non-hydrogen) atoms. The molecule has 0 amide bonds. The van der Waals surface area contributed by atoms with Crippen LogP contribution in [0, 0.1) is 4.77 Å². The quantitative estimate of drug-likeness (QED) is 0.423. The monoisotopic (exact) mass is 353 g/mol. The Morgan fingerprint density at radius 3 is 2.84 bits per heavy atom. The smallest absolute Gasteiger partial charge is 0.200 e. The van der Waals surface area contributed by atoms with Gasteiger partial charge in [-0.05, 0) is 42.4 Å². The molecule has 0 aliphatic heterocycles. The summed E-state index contributed by atoms with van der Waals surface area (Å²) < 4.78 is 2.11. The second-order valence-corrected chi connectivity index (χ2v) is 6.00. The number of aromatic nitrogens is 5. The number of aryl methyl sites for hydroxylation is 1. The van der Waals surface area contributed by atoms with Gasteiger partial charge < -0.3 is 15.2 Å². The molecule has 0 saturated carbocycles. The molecule has 0 aliphatic rings. The van der Waals surface area contributed by atoms with Gasteiger partial charge >= 0.3 is 0 Å². The zero-order valence-electron chi connectivity index (χ0n) is 13.3. The molecule has 0 spiro atoms. The van der Waals surface area contributed by atoms with Crippen LogP contribution >= 0.6 is 12.2 Å². The first-order valence-electron chi connectivity index (χ1n) is 7.75. The second kappa shape index (κ2) is 5.75. The van der Waals surface area contributed by atoms with Gasteiger partial charge in [-0.2, -0.15) is 5.10 Å². The highest BCUT2D eigenvalue weighted by Gasteiger charge is 2.18. The van der Waals surface area contributed by atoms with Crippen LogP contribution in [0.3, 0.4) is 0 Å². The molecule has 2 aromatic carbocycles. The van der Waals surface area contributed by atoms with Gasteiger partial charge in [0.1, 0.15) is 17.0 Å². The summed E-state index contributed by atoms with van der Waals surface area (Å²) in [4.78, 5) is 7.42. The first-order chi connectivity index (χ1) is 12.1. The van der Waals surface area contributed by atoms with Gasteiger partial charge in [-0.15, -0.1) is 0 Å². The zero-order valence-corrected chi connectivity index (χ0v) is 14.1. The van der Waals surface area contributed by atoms with Crippen molar-refractivity contribution < 1.29 is 10.2 Å². The molecule has 4 aromatic rings. The molecular formula is C17H15N5O2S. The number of fused-ring (bicyclic) bond motifs is 1. The first-order valence-corrected chi connectivity index (χ1v) is 8.16. The lowest BCUT2D eigenvalue weighted by molar-refractivity contribution is 0.447. The van der Waals surface area contributed by atoms with Crippen LogP contribution in [-0.4, -0.2) is 34.9 Å². The molecule has 0 saturated heterocycles. The van der Waals surface area contributed by atoms with Gasteiger partial charge in [0.25, 0.3) is 0 Å². The van der Waals surface area contributed by atoms with Crippen LogP contribution in [0.25, 0.3) is 28.1 Å². The van der Waals surface area contributed by atoms with E-state index in [1.54, 1.807) is 17.0 Å². The van der Waals surface area contributed by atoms with E-state index in [-0.39, 0.29) is 11.5 Å². The van der Waals surface area contributed by atoms with Crippen molar-refractivity contribution in [2.24, 2.45) is 0 Å². The van der Waals surface area contributed by atoms with Crippen molar-refractivity contribution in [3.05, 3.63) is 47.0 Å². The van der Waals surface area contributed by atoms with E-state index in [0.717, 1.165) is 16.7 Å². The fourth-order valence-corrected chi connectivity index (χ4v) is 3.15. The van der Waals surface area contributed by atoms with Crippen molar-refractivity contribution in [3.63, 3.8) is 0 Å². The second-order valence-electron chi connectivity index (χ2n) is 5.62. The van der Waals surface area contributed by atoms with Gasteiger partial charge in [0.05, 0.1) is 23.1 Å². The van der Waals surface area contributed by atoms with Gasteiger partial charge in [0.2, 0.25) is 0 Å². The molecule has 0 unspecified atom stereocenters. The number of imidazole rings is 1. The molecule has 0 atom stereocenters. The van der Waals surface area contributed by atoms with Gasteiger partial charge in [0.15, 0.2) is 10.6 Å². The highest BCUT2D eigenvalue weighted by atomic mass is 32.1. The third-order valence-corrected chi connectivity index (χ3v) is 4.43. The Balaban J connectivity index is 2.02. The number of phenolic OH excluding ortho intramolecular Hbond substituents is 2. The molecule has 0 bridgehead atoms. The number of aromatic hydroxyl groups is 2. The number of rotatable bonds is 3.